The second kappa shape index (κ2) is 20.9. The number of aliphatic hydroxyl groups excluding tert-OH is 12. The van der Waals surface area contributed by atoms with Crippen molar-refractivity contribution in [2.24, 2.45) is 46.3 Å². The number of hydrogen-bond donors (Lipinski definition) is 12. The van der Waals surface area contributed by atoms with E-state index in [0.29, 0.717) is 42.4 Å². The highest BCUT2D eigenvalue weighted by Gasteiger charge is 2.68. The molecule has 22 nitrogen and oxygen atoms in total. The third kappa shape index (κ3) is 9.18. The first kappa shape index (κ1) is 54.2. The zero-order chi connectivity index (χ0) is 51.3. The van der Waals surface area contributed by atoms with Crippen LogP contribution in [0.4, 0.5) is 0 Å². The Hall–Kier alpha value is -1.14. The van der Waals surface area contributed by atoms with Crippen LogP contribution in [-0.4, -0.2) is 229 Å². The van der Waals surface area contributed by atoms with Gasteiger partial charge in [0.2, 0.25) is 0 Å². The first-order chi connectivity index (χ1) is 34.3. The molecule has 9 fully saturated rings. The van der Waals surface area contributed by atoms with E-state index in [1.165, 1.54) is 0 Å². The van der Waals surface area contributed by atoms with Crippen LogP contribution < -0.4 is 0 Å². The van der Waals surface area contributed by atoms with Crippen molar-refractivity contribution in [3.8, 4) is 0 Å². The Balaban J connectivity index is 0.824. The van der Waals surface area contributed by atoms with E-state index in [9.17, 15) is 61.3 Å². The molecule has 10 rings (SSSR count). The van der Waals surface area contributed by atoms with Crippen LogP contribution in [0.15, 0.2) is 11.6 Å². The maximum absolute atomic E-state index is 11.8. The lowest BCUT2D eigenvalue weighted by atomic mass is 9.47. The van der Waals surface area contributed by atoms with Crippen LogP contribution in [0.2, 0.25) is 0 Å². The molecule has 3 saturated carbocycles. The van der Waals surface area contributed by atoms with Crippen molar-refractivity contribution < 1.29 is 109 Å². The molecule has 0 radical (unpaired) electrons. The zero-order valence-corrected chi connectivity index (χ0v) is 41.5. The van der Waals surface area contributed by atoms with E-state index in [4.69, 9.17) is 47.4 Å². The molecule has 10 aliphatic rings. The Labute approximate surface area is 419 Å². The smallest absolute Gasteiger partial charge is 0.187 e. The SMILES string of the molecule is C[C@H]1CC[C@@]2(OC1)O[C@H]1C[C@H]3C4=CC[C@H]5C[C@@H](O[C@@H]6O[C@H](CO)[C@H](O[C@@H]7O[C@H](CO)[C@@H](O)[C@H](O[C@@H]8OC[C@@H](O)[C@H](O)[C@H]8O)[C@H]7O[C@@H]7O[C@H](CO)[C@@H](O)[C@H](O)[C@H]7O)[C@H](O)[C@H]6O)CC[C@]5(C)[C@H]4CC[C@]3(C)[C@H]1[C@@H]2C. The van der Waals surface area contributed by atoms with Crippen molar-refractivity contribution in [2.45, 2.75) is 220 Å². The molecular formula is C50H80O22. The molecule has 0 aromatic carbocycles. The number of aliphatic hydroxyl groups is 12. The average Bonchev–Trinajstić information content (AvgIpc) is 3.82. The number of ether oxygens (including phenoxy) is 10. The van der Waals surface area contributed by atoms with E-state index in [-0.39, 0.29) is 29.0 Å². The standard InChI is InChI=1S/C50H80O22/c1-20-7-12-50(64-18-20)21(2)32-28(72-50)14-26-24-6-5-22-13-23(8-10-48(22,3)25(24)9-11-49(26,32)4)65-45-40(62)37(59)41(31(17-53)68-45)69-47-43(71-46-39(61)36(58)34(56)29(15-51)66-46)42(35(57)30(16-52)67-47)70-44-38(60)33(55)27(54)19-63-44/h6,20-23,25-47,51-62H,5,7-19H2,1-4H3/t20-,21-,22-,23-,25-,26-,27+,28-,29+,30+,31+,32-,33-,34+,35+,36-,37+,38+,39+,40+,41-,42-,43+,44-,45+,46-,47-,48-,49-,50+/m0/s1. The monoisotopic (exact) mass is 1030 g/mol. The van der Waals surface area contributed by atoms with Gasteiger partial charge in [-0.05, 0) is 91.8 Å². The predicted molar refractivity (Wildman–Crippen MR) is 242 cm³/mol. The summed E-state index contributed by atoms with van der Waals surface area (Å²) in [6, 6.07) is 0. The molecule has 72 heavy (non-hydrogen) atoms. The van der Waals surface area contributed by atoms with Crippen molar-refractivity contribution in [2.75, 3.05) is 33.0 Å². The molecule has 6 saturated heterocycles. The van der Waals surface area contributed by atoms with Crippen LogP contribution in [0.3, 0.4) is 0 Å². The van der Waals surface area contributed by atoms with Gasteiger partial charge in [-0.15, -0.1) is 0 Å². The van der Waals surface area contributed by atoms with E-state index >= 15 is 0 Å². The van der Waals surface area contributed by atoms with E-state index in [1.807, 2.05) is 0 Å². The molecule has 30 atom stereocenters. The molecule has 22 heteroatoms. The molecule has 6 heterocycles. The number of rotatable bonds is 11. The second-order valence-electron chi connectivity index (χ2n) is 23.5. The number of fused-ring (bicyclic) bond motifs is 7. The first-order valence-corrected chi connectivity index (χ1v) is 26.4. The van der Waals surface area contributed by atoms with Crippen LogP contribution in [0, 0.1) is 46.3 Å². The van der Waals surface area contributed by atoms with Crippen molar-refractivity contribution >= 4 is 0 Å². The molecule has 1 spiro atoms. The lowest BCUT2D eigenvalue weighted by Crippen LogP contribution is -2.68. The summed E-state index contributed by atoms with van der Waals surface area (Å²) in [4.78, 5) is 0. The maximum atomic E-state index is 11.8. The van der Waals surface area contributed by atoms with E-state index < -0.39 is 149 Å². The molecule has 0 unspecified atom stereocenters. The van der Waals surface area contributed by atoms with Crippen molar-refractivity contribution in [1.82, 2.24) is 0 Å². The van der Waals surface area contributed by atoms with Gasteiger partial charge in [0.1, 0.15) is 91.6 Å². The minimum Gasteiger partial charge on any atom is -0.394 e. The summed E-state index contributed by atoms with van der Waals surface area (Å²) in [5.41, 5.74) is 1.74. The molecule has 12 N–H and O–H groups in total. The van der Waals surface area contributed by atoms with Gasteiger partial charge >= 0.3 is 0 Å². The maximum Gasteiger partial charge on any atom is 0.187 e. The van der Waals surface area contributed by atoms with Gasteiger partial charge in [-0.25, -0.2) is 0 Å². The summed E-state index contributed by atoms with van der Waals surface area (Å²) >= 11 is 0. The van der Waals surface area contributed by atoms with E-state index in [0.717, 1.165) is 51.6 Å². The predicted octanol–water partition coefficient (Wildman–Crippen LogP) is -2.35. The number of allylic oxidation sites excluding steroid dienone is 2. The Morgan fingerprint density at radius 2 is 1.19 bits per heavy atom. The molecule has 4 aliphatic carbocycles. The second-order valence-corrected chi connectivity index (χ2v) is 23.5. The summed E-state index contributed by atoms with van der Waals surface area (Å²) in [6.07, 6.45) is -22.2. The largest absolute Gasteiger partial charge is 0.394 e. The minimum atomic E-state index is -2.00. The van der Waals surface area contributed by atoms with Gasteiger partial charge in [-0.1, -0.05) is 39.3 Å². The summed E-state index contributed by atoms with van der Waals surface area (Å²) in [5.74, 6) is 2.01. The lowest BCUT2D eigenvalue weighted by Gasteiger charge is -2.58. The Bertz CT molecular complexity index is 1890. The van der Waals surface area contributed by atoms with Gasteiger partial charge in [-0.2, -0.15) is 0 Å². The Morgan fingerprint density at radius 3 is 1.90 bits per heavy atom. The molecule has 0 aromatic rings. The Morgan fingerprint density at radius 1 is 0.569 bits per heavy atom. The molecule has 412 valence electrons. The summed E-state index contributed by atoms with van der Waals surface area (Å²) < 4.78 is 61.3. The van der Waals surface area contributed by atoms with Gasteiger partial charge in [0.15, 0.2) is 30.9 Å². The summed E-state index contributed by atoms with van der Waals surface area (Å²) in [6.45, 7) is 7.28. The minimum absolute atomic E-state index is 0.0233. The van der Waals surface area contributed by atoms with Crippen molar-refractivity contribution in [3.05, 3.63) is 11.6 Å². The van der Waals surface area contributed by atoms with Crippen LogP contribution >= 0.6 is 0 Å². The zero-order valence-electron chi connectivity index (χ0n) is 41.5. The van der Waals surface area contributed by atoms with Crippen LogP contribution in [0.1, 0.15) is 85.5 Å². The third-order valence-corrected chi connectivity index (χ3v) is 19.4. The number of hydrogen-bond acceptors (Lipinski definition) is 22. The molecule has 0 aromatic heterocycles. The van der Waals surface area contributed by atoms with E-state index in [1.54, 1.807) is 5.57 Å². The lowest BCUT2D eigenvalue weighted by molar-refractivity contribution is -0.404. The van der Waals surface area contributed by atoms with Crippen LogP contribution in [-0.2, 0) is 47.4 Å². The van der Waals surface area contributed by atoms with Crippen LogP contribution in [0.5, 0.6) is 0 Å². The fourth-order valence-corrected chi connectivity index (χ4v) is 15.1. The highest BCUT2D eigenvalue weighted by molar-refractivity contribution is 5.30. The first-order valence-electron chi connectivity index (χ1n) is 26.4. The molecule has 6 aliphatic heterocycles. The molecule has 0 bridgehead atoms. The fraction of sp³-hybridized carbons (Fsp3) is 0.960. The molecule has 0 amide bonds. The topological polar surface area (TPSA) is 335 Å². The van der Waals surface area contributed by atoms with Crippen molar-refractivity contribution in [3.63, 3.8) is 0 Å². The highest BCUT2D eigenvalue weighted by Crippen LogP contribution is 2.70. The average molecular weight is 1030 g/mol. The molecular weight excluding hydrogens is 953 g/mol. The third-order valence-electron chi connectivity index (χ3n) is 19.4. The van der Waals surface area contributed by atoms with Gasteiger partial charge < -0.3 is 109 Å². The van der Waals surface area contributed by atoms with E-state index in [2.05, 4.69) is 33.8 Å². The van der Waals surface area contributed by atoms with Gasteiger partial charge in [0.25, 0.3) is 0 Å². The fourth-order valence-electron chi connectivity index (χ4n) is 15.1. The Kier molecular flexibility index (Phi) is 15.7. The van der Waals surface area contributed by atoms with Crippen molar-refractivity contribution in [1.29, 1.82) is 0 Å². The summed E-state index contributed by atoms with van der Waals surface area (Å²) in [7, 11) is 0. The van der Waals surface area contributed by atoms with Crippen LogP contribution in [0.25, 0.3) is 0 Å². The van der Waals surface area contributed by atoms with Gasteiger partial charge in [-0.3, -0.25) is 0 Å². The summed E-state index contributed by atoms with van der Waals surface area (Å²) in [5, 5.41) is 129. The highest BCUT2D eigenvalue weighted by atomic mass is 16.8. The van der Waals surface area contributed by atoms with Gasteiger partial charge in [0.05, 0.1) is 45.2 Å². The van der Waals surface area contributed by atoms with Gasteiger partial charge in [0, 0.05) is 12.3 Å². The quantitative estimate of drug-likeness (QED) is 0.0964. The normalized spacial score (nSPS) is 56.7.